The molecule has 2 N–H and O–H groups in total. The number of nitrogens with two attached hydrogens (primary N) is 1. The molecule has 0 unspecified atom stereocenters. The van der Waals surface area contributed by atoms with Crippen LogP contribution in [0.1, 0.15) is 25.0 Å². The molecule has 0 bridgehead atoms. The van der Waals surface area contributed by atoms with Gasteiger partial charge >= 0.3 is 0 Å². The van der Waals surface area contributed by atoms with Gasteiger partial charge < -0.3 is 15.5 Å². The zero-order valence-electron chi connectivity index (χ0n) is 12.7. The maximum Gasteiger partial charge on any atom is 0.267 e. The van der Waals surface area contributed by atoms with Crippen LogP contribution in [-0.4, -0.2) is 52.9 Å². The van der Waals surface area contributed by atoms with Gasteiger partial charge in [0.05, 0.1) is 4.88 Å². The first-order valence-corrected chi connectivity index (χ1v) is 8.09. The number of anilines is 1. The molecule has 0 saturated carbocycles. The number of amides is 2. The second kappa shape index (κ2) is 6.33. The van der Waals surface area contributed by atoms with Crippen LogP contribution in [0.25, 0.3) is 0 Å². The quantitative estimate of drug-likeness (QED) is 0.902. The molecule has 120 valence electrons. The summed E-state index contributed by atoms with van der Waals surface area (Å²) in [5, 5.41) is 0. The molecule has 2 aromatic rings. The summed E-state index contributed by atoms with van der Waals surface area (Å²) in [6.07, 6.45) is 1.33. The Labute approximate surface area is 137 Å². The number of hydrogen-bond donors (Lipinski definition) is 1. The Kier molecular flexibility index (Phi) is 4.24. The summed E-state index contributed by atoms with van der Waals surface area (Å²) in [4.78, 5) is 37.4. The third-order valence-electron chi connectivity index (χ3n) is 3.75. The molecular weight excluding hydrogens is 314 g/mol. The molecular formula is C15H17N5O2S. The summed E-state index contributed by atoms with van der Waals surface area (Å²) in [6.45, 7) is 4.54. The molecule has 1 aliphatic heterocycles. The van der Waals surface area contributed by atoms with E-state index in [2.05, 4.69) is 9.97 Å². The van der Waals surface area contributed by atoms with Crippen LogP contribution in [-0.2, 0) is 0 Å². The van der Waals surface area contributed by atoms with Crippen LogP contribution in [0.3, 0.4) is 0 Å². The zero-order chi connectivity index (χ0) is 16.4. The highest BCUT2D eigenvalue weighted by atomic mass is 32.1. The van der Waals surface area contributed by atoms with E-state index >= 15 is 0 Å². The average molecular weight is 331 g/mol. The Morgan fingerprint density at radius 2 is 1.91 bits per heavy atom. The molecule has 3 heterocycles. The summed E-state index contributed by atoms with van der Waals surface area (Å²) >= 11 is 1.52. The predicted octanol–water partition coefficient (Wildman–Crippen LogP) is 0.908. The summed E-state index contributed by atoms with van der Waals surface area (Å²) in [7, 11) is 0. The molecule has 0 aliphatic carbocycles. The first kappa shape index (κ1) is 15.4. The Bertz CT molecular complexity index is 737. The van der Waals surface area contributed by atoms with Crippen LogP contribution >= 0.6 is 11.3 Å². The van der Waals surface area contributed by atoms with Crippen molar-refractivity contribution < 1.29 is 9.59 Å². The third-order valence-corrected chi connectivity index (χ3v) is 4.74. The van der Waals surface area contributed by atoms with Gasteiger partial charge in [-0.3, -0.25) is 9.59 Å². The van der Waals surface area contributed by atoms with Crippen molar-refractivity contribution in [3.05, 3.63) is 40.0 Å². The molecule has 0 spiro atoms. The fraction of sp³-hybridized carbons (Fsp3) is 0.333. The molecule has 0 atom stereocenters. The molecule has 23 heavy (non-hydrogen) atoms. The topological polar surface area (TPSA) is 92.4 Å². The van der Waals surface area contributed by atoms with Gasteiger partial charge in [0.25, 0.3) is 11.8 Å². The van der Waals surface area contributed by atoms with E-state index in [1.807, 2.05) is 28.9 Å². The first-order valence-electron chi connectivity index (χ1n) is 7.27. The monoisotopic (exact) mass is 331 g/mol. The lowest BCUT2D eigenvalue weighted by molar-refractivity contribution is 0.0751. The van der Waals surface area contributed by atoms with Crippen molar-refractivity contribution in [2.75, 3.05) is 31.1 Å². The molecule has 1 aliphatic rings. The van der Waals surface area contributed by atoms with Crippen LogP contribution < -0.4 is 10.6 Å². The third kappa shape index (κ3) is 3.31. The number of thiophene rings is 1. The number of rotatable bonds is 3. The van der Waals surface area contributed by atoms with Crippen LogP contribution in [0.2, 0.25) is 0 Å². The van der Waals surface area contributed by atoms with Crippen LogP contribution in [0, 0.1) is 6.92 Å². The molecule has 2 amide bonds. The number of carbonyl (C=O) groups is 2. The number of aryl methyl sites for hydroxylation is 1. The first-order chi connectivity index (χ1) is 11.0. The van der Waals surface area contributed by atoms with Gasteiger partial charge in [0, 0.05) is 37.1 Å². The van der Waals surface area contributed by atoms with Crippen molar-refractivity contribution >= 4 is 29.0 Å². The zero-order valence-corrected chi connectivity index (χ0v) is 13.5. The average Bonchev–Trinajstić information content (AvgIpc) is 3.01. The van der Waals surface area contributed by atoms with Gasteiger partial charge in [-0.15, -0.1) is 11.3 Å². The van der Waals surface area contributed by atoms with Gasteiger partial charge in [-0.1, -0.05) is 0 Å². The fourth-order valence-electron chi connectivity index (χ4n) is 2.50. The second-order valence-corrected chi connectivity index (χ2v) is 6.60. The van der Waals surface area contributed by atoms with E-state index in [9.17, 15) is 9.59 Å². The number of aromatic nitrogens is 2. The smallest absolute Gasteiger partial charge is 0.267 e. The van der Waals surface area contributed by atoms with Crippen LogP contribution in [0.4, 0.5) is 5.82 Å². The largest absolute Gasteiger partial charge is 0.364 e. The fourth-order valence-corrected chi connectivity index (χ4v) is 3.33. The van der Waals surface area contributed by atoms with Crippen molar-refractivity contribution in [1.82, 2.24) is 14.9 Å². The van der Waals surface area contributed by atoms with Crippen molar-refractivity contribution in [3.63, 3.8) is 0 Å². The van der Waals surface area contributed by atoms with Crippen molar-refractivity contribution in [2.45, 2.75) is 6.92 Å². The molecule has 1 fully saturated rings. The normalized spacial score (nSPS) is 14.8. The van der Waals surface area contributed by atoms with Crippen LogP contribution in [0.15, 0.2) is 24.5 Å². The van der Waals surface area contributed by atoms with Gasteiger partial charge in [0.2, 0.25) is 0 Å². The van der Waals surface area contributed by atoms with E-state index in [-0.39, 0.29) is 11.6 Å². The van der Waals surface area contributed by atoms with Gasteiger partial charge in [0.15, 0.2) is 0 Å². The van der Waals surface area contributed by atoms with Gasteiger partial charge in [-0.25, -0.2) is 9.97 Å². The Hall–Kier alpha value is -2.48. The van der Waals surface area contributed by atoms with Crippen molar-refractivity contribution in [3.8, 4) is 0 Å². The highest BCUT2D eigenvalue weighted by molar-refractivity contribution is 7.13. The highest BCUT2D eigenvalue weighted by Gasteiger charge is 2.24. The highest BCUT2D eigenvalue weighted by Crippen LogP contribution is 2.19. The number of nitrogens with zero attached hydrogens (tertiary/aromatic N) is 4. The van der Waals surface area contributed by atoms with Gasteiger partial charge in [-0.05, 0) is 19.1 Å². The van der Waals surface area contributed by atoms with E-state index < -0.39 is 5.91 Å². The van der Waals surface area contributed by atoms with E-state index in [0.29, 0.717) is 32.0 Å². The molecule has 7 nitrogen and oxygen atoms in total. The molecule has 1 saturated heterocycles. The molecule has 0 radical (unpaired) electrons. The lowest BCUT2D eigenvalue weighted by Crippen LogP contribution is -2.49. The van der Waals surface area contributed by atoms with E-state index in [0.717, 1.165) is 9.75 Å². The molecule has 3 rings (SSSR count). The minimum absolute atomic E-state index is 0.0725. The Balaban J connectivity index is 1.65. The number of primary amides is 1. The van der Waals surface area contributed by atoms with E-state index in [1.165, 1.54) is 17.7 Å². The minimum atomic E-state index is -0.574. The molecule has 0 aromatic carbocycles. The lowest BCUT2D eigenvalue weighted by atomic mass is 10.2. The number of piperazine rings is 1. The van der Waals surface area contributed by atoms with E-state index in [4.69, 9.17) is 5.73 Å². The summed E-state index contributed by atoms with van der Waals surface area (Å²) in [5.41, 5.74) is 5.44. The van der Waals surface area contributed by atoms with Gasteiger partial charge in [0.1, 0.15) is 17.8 Å². The second-order valence-electron chi connectivity index (χ2n) is 5.32. The standard InChI is InChI=1S/C15H17N5O2S/c1-10-2-3-12(23-10)15(22)20-6-4-19(5-7-20)13-8-11(14(16)21)17-9-18-13/h2-3,8-9H,4-7H2,1H3,(H2,16,21). The van der Waals surface area contributed by atoms with Gasteiger partial charge in [-0.2, -0.15) is 0 Å². The Morgan fingerprint density at radius 1 is 1.17 bits per heavy atom. The lowest BCUT2D eigenvalue weighted by Gasteiger charge is -2.35. The number of carbonyl (C=O) groups excluding carboxylic acids is 2. The predicted molar refractivity (Wildman–Crippen MR) is 87.7 cm³/mol. The van der Waals surface area contributed by atoms with Crippen molar-refractivity contribution in [1.29, 1.82) is 0 Å². The van der Waals surface area contributed by atoms with E-state index in [1.54, 1.807) is 6.07 Å². The van der Waals surface area contributed by atoms with Crippen LogP contribution in [0.5, 0.6) is 0 Å². The Morgan fingerprint density at radius 3 is 2.52 bits per heavy atom. The van der Waals surface area contributed by atoms with Crippen molar-refractivity contribution in [2.24, 2.45) is 5.73 Å². The minimum Gasteiger partial charge on any atom is -0.364 e. The number of hydrogen-bond acceptors (Lipinski definition) is 6. The SMILES string of the molecule is Cc1ccc(C(=O)N2CCN(c3cc(C(N)=O)ncn3)CC2)s1. The maximum absolute atomic E-state index is 12.4. The summed E-state index contributed by atoms with van der Waals surface area (Å²) < 4.78 is 0. The molecule has 8 heteroatoms. The summed E-state index contributed by atoms with van der Waals surface area (Å²) in [5.74, 6) is 0.159. The maximum atomic E-state index is 12.4. The molecule has 2 aromatic heterocycles. The summed E-state index contributed by atoms with van der Waals surface area (Å²) in [6, 6.07) is 5.42.